The molecule has 1 saturated heterocycles. The van der Waals surface area contributed by atoms with Gasteiger partial charge in [-0.2, -0.15) is 0 Å². The minimum atomic E-state index is -0.854. The second kappa shape index (κ2) is 8.14. The zero-order chi connectivity index (χ0) is 20.3. The molecule has 146 valence electrons. The summed E-state index contributed by atoms with van der Waals surface area (Å²) in [4.78, 5) is 26.5. The van der Waals surface area contributed by atoms with Crippen LogP contribution in [0, 0.1) is 0 Å². The van der Waals surface area contributed by atoms with Crippen molar-refractivity contribution >= 4 is 17.4 Å². The van der Waals surface area contributed by atoms with E-state index in [1.807, 2.05) is 0 Å². The van der Waals surface area contributed by atoms with E-state index >= 15 is 0 Å². The van der Waals surface area contributed by atoms with Crippen molar-refractivity contribution in [3.63, 3.8) is 0 Å². The molecule has 0 saturated carbocycles. The molecule has 0 spiro atoms. The Bertz CT molecular complexity index is 922. The lowest BCUT2D eigenvalue weighted by Crippen LogP contribution is -2.32. The van der Waals surface area contributed by atoms with E-state index in [1.54, 1.807) is 48.5 Å². The van der Waals surface area contributed by atoms with Crippen molar-refractivity contribution < 1.29 is 29.3 Å². The molecular weight excluding hydrogens is 362 g/mol. The highest BCUT2D eigenvalue weighted by molar-refractivity contribution is 6.46. The van der Waals surface area contributed by atoms with Crippen LogP contribution in [0.15, 0.2) is 54.1 Å². The molecule has 0 aromatic heterocycles. The van der Waals surface area contributed by atoms with Gasteiger partial charge < -0.3 is 24.6 Å². The number of carbonyl (C=O) groups is 2. The van der Waals surface area contributed by atoms with Crippen LogP contribution in [-0.4, -0.2) is 54.2 Å². The normalized spacial score (nSPS) is 18.4. The van der Waals surface area contributed by atoms with E-state index in [9.17, 15) is 19.8 Å². The highest BCUT2D eigenvalue weighted by atomic mass is 16.5. The minimum Gasteiger partial charge on any atom is -0.507 e. The standard InChI is InChI=1S/C21H21NO6/c1-27-15-9-8-14(12-16(15)28-2)18-17(19(24)13-6-4-3-5-7-13)20(25)21(26)22(18)10-11-23/h3-9,12,18,23-24H,10-11H2,1-2H3/b19-17+. The van der Waals surface area contributed by atoms with Gasteiger partial charge in [-0.25, -0.2) is 0 Å². The Labute approximate surface area is 162 Å². The molecule has 1 atom stereocenters. The van der Waals surface area contributed by atoms with Gasteiger partial charge in [-0.1, -0.05) is 36.4 Å². The van der Waals surface area contributed by atoms with Gasteiger partial charge in [-0.15, -0.1) is 0 Å². The number of likely N-dealkylation sites (tertiary alicyclic amines) is 1. The number of aliphatic hydroxyl groups excluding tert-OH is 2. The summed E-state index contributed by atoms with van der Waals surface area (Å²) in [5.74, 6) is -0.914. The third-order valence-corrected chi connectivity index (χ3v) is 4.65. The fourth-order valence-electron chi connectivity index (χ4n) is 3.34. The first-order chi connectivity index (χ1) is 13.5. The highest BCUT2D eigenvalue weighted by Gasteiger charge is 2.46. The van der Waals surface area contributed by atoms with Crippen LogP contribution in [0.4, 0.5) is 0 Å². The molecule has 2 aromatic carbocycles. The first-order valence-corrected chi connectivity index (χ1v) is 8.70. The van der Waals surface area contributed by atoms with Crippen molar-refractivity contribution in [3.05, 3.63) is 65.2 Å². The highest BCUT2D eigenvalue weighted by Crippen LogP contribution is 2.41. The summed E-state index contributed by atoms with van der Waals surface area (Å²) in [5.41, 5.74) is 0.953. The van der Waals surface area contributed by atoms with Crippen LogP contribution >= 0.6 is 0 Å². The van der Waals surface area contributed by atoms with Crippen molar-refractivity contribution in [2.45, 2.75) is 6.04 Å². The van der Waals surface area contributed by atoms with Gasteiger partial charge in [0.05, 0.1) is 32.4 Å². The van der Waals surface area contributed by atoms with Gasteiger partial charge >= 0.3 is 0 Å². The third-order valence-electron chi connectivity index (χ3n) is 4.65. The summed E-state index contributed by atoms with van der Waals surface area (Å²) >= 11 is 0. The molecule has 3 rings (SSSR count). The lowest BCUT2D eigenvalue weighted by Gasteiger charge is -2.25. The van der Waals surface area contributed by atoms with Gasteiger partial charge in [0.25, 0.3) is 11.7 Å². The fraction of sp³-hybridized carbons (Fsp3) is 0.238. The Balaban J connectivity index is 2.20. The minimum absolute atomic E-state index is 0.0307. The number of hydrogen-bond donors (Lipinski definition) is 2. The van der Waals surface area contributed by atoms with Crippen LogP contribution in [0.3, 0.4) is 0 Å². The molecule has 1 heterocycles. The number of ether oxygens (including phenoxy) is 2. The van der Waals surface area contributed by atoms with Gasteiger partial charge in [0.15, 0.2) is 11.5 Å². The summed E-state index contributed by atoms with van der Waals surface area (Å²) in [6.07, 6.45) is 0. The SMILES string of the molecule is COc1ccc(C2/C(=C(\O)c3ccccc3)C(=O)C(=O)N2CCO)cc1OC. The maximum atomic E-state index is 12.7. The average Bonchev–Trinajstić information content (AvgIpc) is 2.98. The smallest absolute Gasteiger partial charge is 0.295 e. The van der Waals surface area contributed by atoms with Gasteiger partial charge in [0.2, 0.25) is 0 Å². The molecule has 0 bridgehead atoms. The van der Waals surface area contributed by atoms with Crippen LogP contribution in [0.5, 0.6) is 11.5 Å². The lowest BCUT2D eigenvalue weighted by molar-refractivity contribution is -0.140. The van der Waals surface area contributed by atoms with E-state index in [0.29, 0.717) is 22.6 Å². The maximum absolute atomic E-state index is 12.7. The van der Waals surface area contributed by atoms with E-state index < -0.39 is 17.7 Å². The van der Waals surface area contributed by atoms with Crippen molar-refractivity contribution in [3.8, 4) is 11.5 Å². The van der Waals surface area contributed by atoms with E-state index in [0.717, 1.165) is 0 Å². The predicted molar refractivity (Wildman–Crippen MR) is 102 cm³/mol. The Morgan fingerprint density at radius 3 is 2.32 bits per heavy atom. The number of hydrogen-bond acceptors (Lipinski definition) is 6. The number of ketones is 1. The zero-order valence-corrected chi connectivity index (χ0v) is 15.6. The lowest BCUT2D eigenvalue weighted by atomic mass is 9.95. The number of β-amino-alcohol motifs (C(OH)–C–C–N with tert-alkyl or cyclic N) is 1. The molecule has 1 aliphatic rings. The summed E-state index contributed by atoms with van der Waals surface area (Å²) in [7, 11) is 2.99. The molecular formula is C21H21NO6. The summed E-state index contributed by atoms with van der Waals surface area (Å²) in [5, 5.41) is 20.2. The van der Waals surface area contributed by atoms with Crippen LogP contribution in [0.1, 0.15) is 17.2 Å². The number of amides is 1. The van der Waals surface area contributed by atoms with E-state index in [4.69, 9.17) is 9.47 Å². The third kappa shape index (κ3) is 3.32. The number of methoxy groups -OCH3 is 2. The maximum Gasteiger partial charge on any atom is 0.295 e. The Kier molecular flexibility index (Phi) is 5.65. The number of aliphatic hydroxyl groups is 2. The largest absolute Gasteiger partial charge is 0.507 e. The number of benzene rings is 2. The number of Topliss-reactive ketones (excluding diaryl/α,β-unsaturated/α-hetero) is 1. The molecule has 1 aliphatic heterocycles. The molecule has 7 heteroatoms. The van der Waals surface area contributed by atoms with Gasteiger partial charge in [-0.05, 0) is 17.7 Å². The van der Waals surface area contributed by atoms with Gasteiger partial charge in [-0.3, -0.25) is 9.59 Å². The zero-order valence-electron chi connectivity index (χ0n) is 15.6. The second-order valence-corrected chi connectivity index (χ2v) is 6.20. The molecule has 7 nitrogen and oxygen atoms in total. The molecule has 1 unspecified atom stereocenters. The quantitative estimate of drug-likeness (QED) is 0.451. The topological polar surface area (TPSA) is 96.3 Å². The summed E-state index contributed by atoms with van der Waals surface area (Å²) in [6.45, 7) is -0.364. The predicted octanol–water partition coefficient (Wildman–Crippen LogP) is 2.12. The van der Waals surface area contributed by atoms with Crippen molar-refractivity contribution in [2.24, 2.45) is 0 Å². The monoisotopic (exact) mass is 383 g/mol. The molecule has 0 radical (unpaired) electrons. The van der Waals surface area contributed by atoms with Crippen LogP contribution in [-0.2, 0) is 9.59 Å². The van der Waals surface area contributed by atoms with Crippen molar-refractivity contribution in [1.82, 2.24) is 4.90 Å². The summed E-state index contributed by atoms with van der Waals surface area (Å²) < 4.78 is 10.6. The summed E-state index contributed by atoms with van der Waals surface area (Å²) in [6, 6.07) is 12.7. The van der Waals surface area contributed by atoms with Gasteiger partial charge in [0, 0.05) is 12.1 Å². The number of carbonyl (C=O) groups excluding carboxylic acids is 2. The van der Waals surface area contributed by atoms with Crippen LogP contribution in [0.2, 0.25) is 0 Å². The van der Waals surface area contributed by atoms with Crippen LogP contribution in [0.25, 0.3) is 5.76 Å². The fourth-order valence-corrected chi connectivity index (χ4v) is 3.34. The van der Waals surface area contributed by atoms with Crippen LogP contribution < -0.4 is 9.47 Å². The van der Waals surface area contributed by atoms with E-state index in [2.05, 4.69) is 0 Å². The second-order valence-electron chi connectivity index (χ2n) is 6.20. The number of nitrogens with zero attached hydrogens (tertiary/aromatic N) is 1. The Morgan fingerprint density at radius 1 is 1.04 bits per heavy atom. The molecule has 2 aromatic rings. The molecule has 28 heavy (non-hydrogen) atoms. The van der Waals surface area contributed by atoms with Crippen molar-refractivity contribution in [2.75, 3.05) is 27.4 Å². The van der Waals surface area contributed by atoms with E-state index in [1.165, 1.54) is 19.1 Å². The number of rotatable bonds is 6. The first-order valence-electron chi connectivity index (χ1n) is 8.70. The average molecular weight is 383 g/mol. The molecule has 1 fully saturated rings. The first kappa shape index (κ1) is 19.4. The molecule has 2 N–H and O–H groups in total. The van der Waals surface area contributed by atoms with E-state index in [-0.39, 0.29) is 24.5 Å². The molecule has 1 amide bonds. The Morgan fingerprint density at radius 2 is 1.71 bits per heavy atom. The Hall–Kier alpha value is -3.32. The van der Waals surface area contributed by atoms with Crippen molar-refractivity contribution in [1.29, 1.82) is 0 Å². The van der Waals surface area contributed by atoms with Gasteiger partial charge in [0.1, 0.15) is 5.76 Å². The molecule has 0 aliphatic carbocycles.